The van der Waals surface area contributed by atoms with Crippen LogP contribution in [0.15, 0.2) is 36.5 Å². The Bertz CT molecular complexity index is 505. The highest BCUT2D eigenvalue weighted by molar-refractivity contribution is 5.58. The third kappa shape index (κ3) is 2.93. The quantitative estimate of drug-likeness (QED) is 0.895. The molecule has 1 aromatic heterocycles. The summed E-state index contributed by atoms with van der Waals surface area (Å²) >= 11 is 0. The van der Waals surface area contributed by atoms with Crippen molar-refractivity contribution in [3.05, 3.63) is 47.9 Å². The first-order valence-electron chi connectivity index (χ1n) is 6.30. The van der Waals surface area contributed by atoms with Crippen molar-refractivity contribution in [1.82, 2.24) is 9.97 Å². The van der Waals surface area contributed by atoms with Crippen molar-refractivity contribution in [3.8, 4) is 11.3 Å². The van der Waals surface area contributed by atoms with E-state index in [2.05, 4.69) is 48.1 Å². The zero-order valence-electron chi connectivity index (χ0n) is 10.9. The van der Waals surface area contributed by atoms with E-state index in [0.717, 1.165) is 23.5 Å². The Kier molecular flexibility index (Phi) is 4.05. The summed E-state index contributed by atoms with van der Waals surface area (Å²) in [5, 5.41) is 0. The van der Waals surface area contributed by atoms with Crippen molar-refractivity contribution in [1.29, 1.82) is 0 Å². The first-order valence-corrected chi connectivity index (χ1v) is 6.30. The number of rotatable bonds is 4. The lowest BCUT2D eigenvalue weighted by Gasteiger charge is -2.10. The molecule has 0 saturated heterocycles. The van der Waals surface area contributed by atoms with Crippen LogP contribution in [0.2, 0.25) is 0 Å². The summed E-state index contributed by atoms with van der Waals surface area (Å²) in [7, 11) is 0. The van der Waals surface area contributed by atoms with E-state index < -0.39 is 0 Å². The summed E-state index contributed by atoms with van der Waals surface area (Å²) in [6.07, 6.45) is 2.74. The van der Waals surface area contributed by atoms with Gasteiger partial charge in [0.2, 0.25) is 0 Å². The molecule has 94 valence electrons. The molecule has 1 heterocycles. The van der Waals surface area contributed by atoms with Crippen LogP contribution in [0, 0.1) is 6.92 Å². The van der Waals surface area contributed by atoms with Gasteiger partial charge < -0.3 is 5.73 Å². The highest BCUT2D eigenvalue weighted by Crippen LogP contribution is 2.20. The van der Waals surface area contributed by atoms with Gasteiger partial charge in [0.25, 0.3) is 0 Å². The number of hydrogen-bond donors (Lipinski definition) is 1. The molecule has 0 bridgehead atoms. The Morgan fingerprint density at radius 2 is 1.89 bits per heavy atom. The molecular weight excluding hydrogens is 222 g/mol. The van der Waals surface area contributed by atoms with Gasteiger partial charge in [0.05, 0.1) is 5.69 Å². The molecule has 2 N–H and O–H groups in total. The molecule has 0 aliphatic carbocycles. The first kappa shape index (κ1) is 12.7. The summed E-state index contributed by atoms with van der Waals surface area (Å²) in [4.78, 5) is 8.96. The van der Waals surface area contributed by atoms with Crippen LogP contribution in [0.3, 0.4) is 0 Å². The fourth-order valence-electron chi connectivity index (χ4n) is 1.88. The molecule has 0 fully saturated rings. The van der Waals surface area contributed by atoms with Crippen molar-refractivity contribution in [2.24, 2.45) is 5.73 Å². The summed E-state index contributed by atoms with van der Waals surface area (Å²) in [5.41, 5.74) is 8.94. The van der Waals surface area contributed by atoms with E-state index in [9.17, 15) is 0 Å². The Hall–Kier alpha value is -1.74. The van der Waals surface area contributed by atoms with Crippen molar-refractivity contribution in [3.63, 3.8) is 0 Å². The lowest BCUT2D eigenvalue weighted by molar-refractivity contribution is 0.647. The Morgan fingerprint density at radius 1 is 1.17 bits per heavy atom. The van der Waals surface area contributed by atoms with Crippen LogP contribution in [0.25, 0.3) is 11.3 Å². The predicted molar refractivity (Wildman–Crippen MR) is 74.3 cm³/mol. The number of aromatic nitrogens is 2. The van der Waals surface area contributed by atoms with Crippen LogP contribution in [0.4, 0.5) is 0 Å². The molecule has 0 amide bonds. The largest absolute Gasteiger partial charge is 0.330 e. The second kappa shape index (κ2) is 5.74. The summed E-state index contributed by atoms with van der Waals surface area (Å²) in [5.74, 6) is 1.18. The average Bonchev–Trinajstić information content (AvgIpc) is 2.40. The van der Waals surface area contributed by atoms with E-state index >= 15 is 0 Å². The highest BCUT2D eigenvalue weighted by Gasteiger charge is 2.09. The van der Waals surface area contributed by atoms with Crippen molar-refractivity contribution < 1.29 is 0 Å². The molecular formula is C15H19N3. The molecule has 1 aromatic carbocycles. The van der Waals surface area contributed by atoms with Gasteiger partial charge in [-0.25, -0.2) is 9.97 Å². The zero-order chi connectivity index (χ0) is 13.0. The molecule has 3 heteroatoms. The van der Waals surface area contributed by atoms with Gasteiger partial charge in [-0.3, -0.25) is 0 Å². The molecule has 3 nitrogen and oxygen atoms in total. The van der Waals surface area contributed by atoms with Crippen LogP contribution in [-0.4, -0.2) is 16.5 Å². The van der Waals surface area contributed by atoms with Crippen LogP contribution >= 0.6 is 0 Å². The maximum absolute atomic E-state index is 5.58. The topological polar surface area (TPSA) is 51.8 Å². The van der Waals surface area contributed by atoms with Crippen LogP contribution in [0.5, 0.6) is 0 Å². The van der Waals surface area contributed by atoms with E-state index in [-0.39, 0.29) is 0 Å². The lowest BCUT2D eigenvalue weighted by atomic mass is 10.1. The average molecular weight is 241 g/mol. The van der Waals surface area contributed by atoms with E-state index in [0.29, 0.717) is 12.5 Å². The molecule has 18 heavy (non-hydrogen) atoms. The fourth-order valence-corrected chi connectivity index (χ4v) is 1.88. The molecule has 0 aliphatic rings. The van der Waals surface area contributed by atoms with Crippen molar-refractivity contribution in [2.75, 3.05) is 6.54 Å². The highest BCUT2D eigenvalue weighted by atomic mass is 14.9. The Morgan fingerprint density at radius 3 is 2.56 bits per heavy atom. The van der Waals surface area contributed by atoms with Gasteiger partial charge in [0.15, 0.2) is 0 Å². The van der Waals surface area contributed by atoms with E-state index in [4.69, 9.17) is 5.73 Å². The molecule has 1 atom stereocenters. The minimum absolute atomic E-state index is 0.306. The van der Waals surface area contributed by atoms with Gasteiger partial charge in [-0.2, -0.15) is 0 Å². The third-order valence-electron chi connectivity index (χ3n) is 3.06. The molecule has 0 radical (unpaired) electrons. The Labute approximate surface area is 108 Å². The minimum atomic E-state index is 0.306. The molecule has 2 aromatic rings. The molecule has 2 rings (SSSR count). The second-order valence-electron chi connectivity index (χ2n) is 4.64. The van der Waals surface area contributed by atoms with Crippen LogP contribution < -0.4 is 5.73 Å². The smallest absolute Gasteiger partial charge is 0.131 e. The summed E-state index contributed by atoms with van der Waals surface area (Å²) < 4.78 is 0. The van der Waals surface area contributed by atoms with Crippen LogP contribution in [0.1, 0.15) is 30.7 Å². The number of nitrogens with two attached hydrogens (primary N) is 1. The van der Waals surface area contributed by atoms with E-state index in [1.54, 1.807) is 0 Å². The Balaban J connectivity index is 2.29. The molecule has 0 aliphatic heterocycles. The van der Waals surface area contributed by atoms with Gasteiger partial charge in [0, 0.05) is 17.7 Å². The molecule has 0 saturated carbocycles. The summed E-state index contributed by atoms with van der Waals surface area (Å²) in [6.45, 7) is 4.86. The fraction of sp³-hybridized carbons (Fsp3) is 0.333. The SMILES string of the molecule is Cc1ccc(-c2ccnc(C(C)CCN)n2)cc1. The first-order chi connectivity index (χ1) is 8.70. The number of hydrogen-bond acceptors (Lipinski definition) is 3. The van der Waals surface area contributed by atoms with Crippen molar-refractivity contribution >= 4 is 0 Å². The predicted octanol–water partition coefficient (Wildman–Crippen LogP) is 2.90. The van der Waals surface area contributed by atoms with E-state index in [1.807, 2.05) is 12.3 Å². The van der Waals surface area contributed by atoms with Gasteiger partial charge in [-0.1, -0.05) is 36.8 Å². The third-order valence-corrected chi connectivity index (χ3v) is 3.06. The zero-order valence-corrected chi connectivity index (χ0v) is 10.9. The molecule has 0 spiro atoms. The maximum atomic E-state index is 5.58. The van der Waals surface area contributed by atoms with Gasteiger partial charge in [-0.15, -0.1) is 0 Å². The maximum Gasteiger partial charge on any atom is 0.131 e. The molecule has 1 unspecified atom stereocenters. The summed E-state index contributed by atoms with van der Waals surface area (Å²) in [6, 6.07) is 10.3. The van der Waals surface area contributed by atoms with Gasteiger partial charge in [0.1, 0.15) is 5.82 Å². The monoisotopic (exact) mass is 241 g/mol. The lowest BCUT2D eigenvalue weighted by Crippen LogP contribution is -2.08. The second-order valence-corrected chi connectivity index (χ2v) is 4.64. The number of nitrogens with zero attached hydrogens (tertiary/aromatic N) is 2. The van der Waals surface area contributed by atoms with Crippen LogP contribution in [-0.2, 0) is 0 Å². The van der Waals surface area contributed by atoms with E-state index in [1.165, 1.54) is 5.56 Å². The number of benzene rings is 1. The van der Waals surface area contributed by atoms with Gasteiger partial charge >= 0.3 is 0 Å². The standard InChI is InChI=1S/C15H19N3/c1-11-3-5-13(6-4-11)14-8-10-17-15(18-14)12(2)7-9-16/h3-6,8,10,12H,7,9,16H2,1-2H3. The number of aryl methyl sites for hydroxylation is 1. The minimum Gasteiger partial charge on any atom is -0.330 e. The van der Waals surface area contributed by atoms with Crippen molar-refractivity contribution in [2.45, 2.75) is 26.2 Å². The van der Waals surface area contributed by atoms with Gasteiger partial charge in [-0.05, 0) is 26.0 Å². The normalized spacial score (nSPS) is 12.4.